The summed E-state index contributed by atoms with van der Waals surface area (Å²) in [4.78, 5) is 28.6. The minimum atomic E-state index is -0.275. The van der Waals surface area contributed by atoms with Gasteiger partial charge in [0.05, 0.1) is 5.92 Å². The highest BCUT2D eigenvalue weighted by Crippen LogP contribution is 2.55. The molecule has 6 nitrogen and oxygen atoms in total. The van der Waals surface area contributed by atoms with Gasteiger partial charge in [-0.1, -0.05) is 30.8 Å². The number of nitrogens with zero attached hydrogens (tertiary/aromatic N) is 2. The van der Waals surface area contributed by atoms with Crippen molar-refractivity contribution in [3.63, 3.8) is 0 Å². The molecule has 4 rings (SSSR count). The van der Waals surface area contributed by atoms with E-state index in [1.807, 2.05) is 0 Å². The van der Waals surface area contributed by atoms with E-state index < -0.39 is 0 Å². The lowest BCUT2D eigenvalue weighted by Gasteiger charge is -2.41. The van der Waals surface area contributed by atoms with E-state index in [9.17, 15) is 9.59 Å². The third-order valence-electron chi connectivity index (χ3n) is 6.14. The lowest BCUT2D eigenvalue weighted by atomic mass is 9.62. The summed E-state index contributed by atoms with van der Waals surface area (Å²) < 4.78 is 10.8. The van der Waals surface area contributed by atoms with Crippen molar-refractivity contribution in [3.8, 4) is 0 Å². The van der Waals surface area contributed by atoms with Crippen LogP contribution in [0, 0.1) is 11.3 Å². The first-order valence-electron chi connectivity index (χ1n) is 9.17. The molecule has 1 unspecified atom stereocenters. The van der Waals surface area contributed by atoms with Crippen LogP contribution in [0.5, 0.6) is 0 Å². The second-order valence-electron chi connectivity index (χ2n) is 7.68. The summed E-state index contributed by atoms with van der Waals surface area (Å²) in [5.41, 5.74) is -0.112. The van der Waals surface area contributed by atoms with Gasteiger partial charge in [-0.05, 0) is 31.1 Å². The quantitative estimate of drug-likeness (QED) is 0.787. The molecule has 130 valence electrons. The Bertz CT molecular complexity index is 629. The van der Waals surface area contributed by atoms with E-state index in [4.69, 9.17) is 9.26 Å². The highest BCUT2D eigenvalue weighted by molar-refractivity contribution is 5.89. The standard InChI is InChI=1S/C18H24N2O4/c21-13-9-14(18(10-13)7-4-8-18)17(22)23-11-15-19-16(24-20-15)12-5-2-1-3-6-12/h12,14H,1-11H2. The molecule has 1 atom stereocenters. The minimum Gasteiger partial charge on any atom is -0.457 e. The number of aromatic nitrogens is 2. The molecule has 0 aliphatic heterocycles. The zero-order valence-corrected chi connectivity index (χ0v) is 14.0. The Balaban J connectivity index is 1.34. The summed E-state index contributed by atoms with van der Waals surface area (Å²) >= 11 is 0. The van der Waals surface area contributed by atoms with Crippen molar-refractivity contribution in [3.05, 3.63) is 11.7 Å². The van der Waals surface area contributed by atoms with Gasteiger partial charge in [0.2, 0.25) is 11.7 Å². The fourth-order valence-corrected chi connectivity index (χ4v) is 4.60. The zero-order valence-electron chi connectivity index (χ0n) is 14.0. The van der Waals surface area contributed by atoms with E-state index in [0.29, 0.717) is 30.5 Å². The number of carbonyl (C=O) groups excluding carboxylic acids is 2. The molecule has 0 radical (unpaired) electrons. The molecule has 3 aliphatic rings. The predicted molar refractivity (Wildman–Crippen MR) is 83.9 cm³/mol. The summed E-state index contributed by atoms with van der Waals surface area (Å²) in [5, 5.41) is 3.95. The number of hydrogen-bond donors (Lipinski definition) is 0. The van der Waals surface area contributed by atoms with Crippen LogP contribution in [0.1, 0.15) is 81.8 Å². The van der Waals surface area contributed by atoms with E-state index in [2.05, 4.69) is 10.1 Å². The lowest BCUT2D eigenvalue weighted by molar-refractivity contribution is -0.156. The Morgan fingerprint density at radius 3 is 2.71 bits per heavy atom. The molecule has 3 aliphatic carbocycles. The molecule has 0 aromatic carbocycles. The van der Waals surface area contributed by atoms with Crippen LogP contribution in [0.25, 0.3) is 0 Å². The van der Waals surface area contributed by atoms with Crippen LogP contribution in [0.4, 0.5) is 0 Å². The summed E-state index contributed by atoms with van der Waals surface area (Å²) in [7, 11) is 0. The Morgan fingerprint density at radius 1 is 1.21 bits per heavy atom. The first kappa shape index (κ1) is 15.8. The van der Waals surface area contributed by atoms with Gasteiger partial charge in [0, 0.05) is 18.8 Å². The topological polar surface area (TPSA) is 82.3 Å². The number of carbonyl (C=O) groups is 2. The largest absolute Gasteiger partial charge is 0.457 e. The van der Waals surface area contributed by atoms with Gasteiger partial charge in [-0.3, -0.25) is 9.59 Å². The Morgan fingerprint density at radius 2 is 2.00 bits per heavy atom. The summed E-state index contributed by atoms with van der Waals surface area (Å²) in [6, 6.07) is 0. The van der Waals surface area contributed by atoms with Crippen LogP contribution in [0.2, 0.25) is 0 Å². The van der Waals surface area contributed by atoms with Crippen molar-refractivity contribution in [1.29, 1.82) is 0 Å². The maximum atomic E-state index is 12.4. The van der Waals surface area contributed by atoms with Gasteiger partial charge in [0.15, 0.2) is 6.61 Å². The van der Waals surface area contributed by atoms with Crippen molar-refractivity contribution in [2.24, 2.45) is 11.3 Å². The maximum absolute atomic E-state index is 12.4. The number of esters is 1. The van der Waals surface area contributed by atoms with E-state index in [1.54, 1.807) is 0 Å². The Labute approximate surface area is 141 Å². The van der Waals surface area contributed by atoms with Crippen LogP contribution in [0.15, 0.2) is 4.52 Å². The molecule has 0 saturated heterocycles. The number of ketones is 1. The van der Waals surface area contributed by atoms with Gasteiger partial charge in [-0.2, -0.15) is 4.98 Å². The predicted octanol–water partition coefficient (Wildman–Crippen LogP) is 3.31. The lowest BCUT2D eigenvalue weighted by Crippen LogP contribution is -2.38. The van der Waals surface area contributed by atoms with E-state index in [-0.39, 0.29) is 29.7 Å². The van der Waals surface area contributed by atoms with Gasteiger partial charge >= 0.3 is 5.97 Å². The average molecular weight is 332 g/mol. The van der Waals surface area contributed by atoms with E-state index in [1.165, 1.54) is 19.3 Å². The van der Waals surface area contributed by atoms with Crippen molar-refractivity contribution < 1.29 is 18.8 Å². The number of hydrogen-bond acceptors (Lipinski definition) is 6. The number of ether oxygens (including phenoxy) is 1. The molecule has 1 heterocycles. The SMILES string of the molecule is O=C1CC(C(=O)OCc2noc(C3CCCCC3)n2)C2(CCC2)C1. The molecule has 0 N–H and O–H groups in total. The highest BCUT2D eigenvalue weighted by atomic mass is 16.5. The fourth-order valence-electron chi connectivity index (χ4n) is 4.60. The summed E-state index contributed by atoms with van der Waals surface area (Å²) in [6.07, 6.45) is 9.77. The second-order valence-corrected chi connectivity index (χ2v) is 7.68. The van der Waals surface area contributed by atoms with Crippen molar-refractivity contribution in [1.82, 2.24) is 10.1 Å². The number of Topliss-reactive ketones (excluding diaryl/α,β-unsaturated/α-hetero) is 1. The maximum Gasteiger partial charge on any atom is 0.310 e. The highest BCUT2D eigenvalue weighted by Gasteiger charge is 2.54. The molecule has 1 aromatic rings. The van der Waals surface area contributed by atoms with Gasteiger partial charge in [-0.25, -0.2) is 0 Å². The zero-order chi connectivity index (χ0) is 16.6. The molecule has 3 fully saturated rings. The third-order valence-corrected chi connectivity index (χ3v) is 6.14. The molecule has 3 saturated carbocycles. The van der Waals surface area contributed by atoms with Crippen LogP contribution >= 0.6 is 0 Å². The minimum absolute atomic E-state index is 0.0375. The Hall–Kier alpha value is -1.72. The molecule has 0 amide bonds. The van der Waals surface area contributed by atoms with Crippen molar-refractivity contribution >= 4 is 11.8 Å². The van der Waals surface area contributed by atoms with Gasteiger partial charge < -0.3 is 9.26 Å². The molecule has 1 spiro atoms. The van der Waals surface area contributed by atoms with Crippen LogP contribution in [-0.2, 0) is 20.9 Å². The number of rotatable bonds is 4. The average Bonchev–Trinajstić information content (AvgIpc) is 3.17. The van der Waals surface area contributed by atoms with Crippen LogP contribution in [-0.4, -0.2) is 21.9 Å². The molecular weight excluding hydrogens is 308 g/mol. The summed E-state index contributed by atoms with van der Waals surface area (Å²) in [5.74, 6) is 1.09. The monoisotopic (exact) mass is 332 g/mol. The fraction of sp³-hybridized carbons (Fsp3) is 0.778. The van der Waals surface area contributed by atoms with Crippen LogP contribution in [0.3, 0.4) is 0 Å². The van der Waals surface area contributed by atoms with Crippen LogP contribution < -0.4 is 0 Å². The molecule has 0 bridgehead atoms. The molecular formula is C18H24N2O4. The van der Waals surface area contributed by atoms with Crippen molar-refractivity contribution in [2.45, 2.75) is 76.7 Å². The molecule has 1 aromatic heterocycles. The first-order valence-corrected chi connectivity index (χ1v) is 9.17. The normalized spacial score (nSPS) is 26.5. The smallest absolute Gasteiger partial charge is 0.310 e. The van der Waals surface area contributed by atoms with E-state index >= 15 is 0 Å². The van der Waals surface area contributed by atoms with Gasteiger partial charge in [0.1, 0.15) is 5.78 Å². The second kappa shape index (κ2) is 6.30. The Kier molecular flexibility index (Phi) is 4.14. The van der Waals surface area contributed by atoms with E-state index in [0.717, 1.165) is 32.1 Å². The van der Waals surface area contributed by atoms with Gasteiger partial charge in [0.25, 0.3) is 0 Å². The van der Waals surface area contributed by atoms with Crippen molar-refractivity contribution in [2.75, 3.05) is 0 Å². The summed E-state index contributed by atoms with van der Waals surface area (Å²) in [6.45, 7) is 0.0375. The molecule has 24 heavy (non-hydrogen) atoms. The van der Waals surface area contributed by atoms with Gasteiger partial charge in [-0.15, -0.1) is 0 Å². The molecule has 6 heteroatoms. The first-order chi connectivity index (χ1) is 11.7. The third kappa shape index (κ3) is 2.87.